The van der Waals surface area contributed by atoms with Crippen LogP contribution in [0.2, 0.25) is 0 Å². The molecule has 0 bridgehead atoms. The molecule has 2 N–H and O–H groups in total. The lowest BCUT2D eigenvalue weighted by Gasteiger charge is -2.23. The molecule has 0 amide bonds. The van der Waals surface area contributed by atoms with Crippen molar-refractivity contribution in [3.63, 3.8) is 0 Å². The van der Waals surface area contributed by atoms with Gasteiger partial charge in [-0.25, -0.2) is 14.4 Å². The summed E-state index contributed by atoms with van der Waals surface area (Å²) in [7, 11) is 0. The second-order valence-corrected chi connectivity index (χ2v) is 6.94. The smallest absolute Gasteiger partial charge is 0.224 e. The van der Waals surface area contributed by atoms with Crippen LogP contribution in [0.1, 0.15) is 40.2 Å². The van der Waals surface area contributed by atoms with Gasteiger partial charge in [0.15, 0.2) is 5.65 Å². The first kappa shape index (κ1) is 20.0. The van der Waals surface area contributed by atoms with Crippen molar-refractivity contribution in [2.45, 2.75) is 46.2 Å². The van der Waals surface area contributed by atoms with Crippen LogP contribution >= 0.6 is 0 Å². The van der Waals surface area contributed by atoms with E-state index >= 15 is 0 Å². The third-order valence-corrected chi connectivity index (χ3v) is 4.62. The number of aromatic nitrogens is 4. The number of nitrogens with one attached hydrogen (secondary N) is 2. The molecule has 1 aromatic carbocycles. The van der Waals surface area contributed by atoms with Crippen LogP contribution in [0.5, 0.6) is 0 Å². The fraction of sp³-hybridized carbons (Fsp3) is 0.450. The summed E-state index contributed by atoms with van der Waals surface area (Å²) in [5.74, 6) is 0.795. The van der Waals surface area contributed by atoms with Gasteiger partial charge >= 0.3 is 0 Å². The summed E-state index contributed by atoms with van der Waals surface area (Å²) in [6.45, 7) is 5.59. The van der Waals surface area contributed by atoms with E-state index in [4.69, 9.17) is 4.74 Å². The van der Waals surface area contributed by atoms with Crippen molar-refractivity contribution < 1.29 is 9.13 Å². The third-order valence-electron chi connectivity index (χ3n) is 4.62. The highest BCUT2D eigenvalue weighted by Crippen LogP contribution is 2.27. The Kier molecular flexibility index (Phi) is 6.08. The summed E-state index contributed by atoms with van der Waals surface area (Å²) in [5.41, 5.74) is 1.76. The van der Waals surface area contributed by atoms with E-state index < -0.39 is 0 Å². The Morgan fingerprint density at radius 3 is 2.64 bits per heavy atom. The molecule has 0 saturated carbocycles. The molecule has 150 valence electrons. The molecule has 0 unspecified atom stereocenters. The number of benzene rings is 1. The molecule has 1 aliphatic heterocycles. The molecule has 0 aliphatic carbocycles. The Morgan fingerprint density at radius 2 is 1.93 bits per heavy atom. The quantitative estimate of drug-likeness (QED) is 0.671. The van der Waals surface area contributed by atoms with Gasteiger partial charge in [0.2, 0.25) is 11.9 Å². The summed E-state index contributed by atoms with van der Waals surface area (Å²) < 4.78 is 21.4. The van der Waals surface area contributed by atoms with Gasteiger partial charge in [-0.1, -0.05) is 19.6 Å². The van der Waals surface area contributed by atoms with E-state index in [1.807, 2.05) is 18.4 Å². The van der Waals surface area contributed by atoms with Gasteiger partial charge in [-0.3, -0.25) is 4.57 Å². The minimum atomic E-state index is -0.326. The molecule has 1 saturated heterocycles. The van der Waals surface area contributed by atoms with E-state index in [-0.39, 0.29) is 19.3 Å². The number of hydrogen-bond acceptors (Lipinski definition) is 6. The van der Waals surface area contributed by atoms with Gasteiger partial charge in [-0.05, 0) is 38.8 Å². The maximum Gasteiger partial charge on any atom is 0.224 e. The van der Waals surface area contributed by atoms with Gasteiger partial charge in [-0.15, -0.1) is 0 Å². The lowest BCUT2D eigenvalue weighted by atomic mass is 10.1. The molecule has 3 heterocycles. The van der Waals surface area contributed by atoms with Crippen LogP contribution in [0, 0.1) is 5.82 Å². The van der Waals surface area contributed by atoms with Crippen LogP contribution in [0.3, 0.4) is 0 Å². The summed E-state index contributed by atoms with van der Waals surface area (Å²) in [4.78, 5) is 13.6. The first-order chi connectivity index (χ1) is 13.1. The third kappa shape index (κ3) is 4.06. The minimum absolute atomic E-state index is 0. The zero-order valence-electron chi connectivity index (χ0n) is 15.4. The molecule has 4 rings (SSSR count). The number of hydrogen-bond donors (Lipinski definition) is 2. The number of rotatable bonds is 5. The van der Waals surface area contributed by atoms with E-state index in [0.29, 0.717) is 34.8 Å². The molecule has 3 aromatic rings. The van der Waals surface area contributed by atoms with Crippen molar-refractivity contribution in [3.8, 4) is 0 Å². The van der Waals surface area contributed by atoms with Crippen molar-refractivity contribution in [3.05, 3.63) is 36.3 Å². The Balaban J connectivity index is 0.00000225. The monoisotopic (exact) mass is 386 g/mol. The fourth-order valence-corrected chi connectivity index (χ4v) is 3.25. The number of nitrogens with zero attached hydrogens (tertiary/aromatic N) is 4. The van der Waals surface area contributed by atoms with Gasteiger partial charge in [0, 0.05) is 25.3 Å². The van der Waals surface area contributed by atoms with Crippen molar-refractivity contribution >= 4 is 28.7 Å². The van der Waals surface area contributed by atoms with Crippen LogP contribution < -0.4 is 10.6 Å². The minimum Gasteiger partial charge on any atom is -0.381 e. The summed E-state index contributed by atoms with van der Waals surface area (Å²) in [6, 6.07) is 6.94. The molecule has 0 atom stereocenters. The molecule has 1 aliphatic rings. The van der Waals surface area contributed by atoms with Gasteiger partial charge < -0.3 is 15.4 Å². The van der Waals surface area contributed by atoms with Gasteiger partial charge in [0.1, 0.15) is 11.3 Å². The van der Waals surface area contributed by atoms with Gasteiger partial charge in [0.05, 0.1) is 11.9 Å². The van der Waals surface area contributed by atoms with E-state index in [1.165, 1.54) is 6.07 Å². The Labute approximate surface area is 164 Å². The van der Waals surface area contributed by atoms with E-state index in [0.717, 1.165) is 26.1 Å². The summed E-state index contributed by atoms with van der Waals surface area (Å²) in [5, 5.41) is 6.47. The average Bonchev–Trinajstić information content (AvgIpc) is 3.02. The molecule has 28 heavy (non-hydrogen) atoms. The summed E-state index contributed by atoms with van der Waals surface area (Å²) in [6.07, 6.45) is 3.57. The largest absolute Gasteiger partial charge is 0.381 e. The van der Waals surface area contributed by atoms with Crippen LogP contribution in [-0.4, -0.2) is 38.8 Å². The SMILES string of the molecule is C.CC(C)n1c(Nc2ccccc2F)nc2cnc(NC3CCOCC3)nc21. The van der Waals surface area contributed by atoms with E-state index in [1.54, 1.807) is 24.4 Å². The standard InChI is InChI=1S/C19H23FN6O.CH4/c1-12(2)26-17-16(24-19(26)23-15-6-4-3-5-14(15)20)11-21-18(25-17)22-13-7-9-27-10-8-13;/h3-6,11-13H,7-10H2,1-2H3,(H,23,24)(H,21,22,25);1H4. The fourth-order valence-electron chi connectivity index (χ4n) is 3.25. The van der Waals surface area contributed by atoms with Crippen LogP contribution in [-0.2, 0) is 4.74 Å². The Morgan fingerprint density at radius 1 is 1.18 bits per heavy atom. The predicted octanol–water partition coefficient (Wildman–Crippen LogP) is 4.52. The average molecular weight is 386 g/mol. The highest BCUT2D eigenvalue weighted by Gasteiger charge is 2.19. The Hall–Kier alpha value is -2.74. The number of imidazole rings is 1. The van der Waals surface area contributed by atoms with Crippen molar-refractivity contribution in [2.75, 3.05) is 23.8 Å². The van der Waals surface area contributed by atoms with E-state index in [2.05, 4.69) is 25.6 Å². The summed E-state index contributed by atoms with van der Waals surface area (Å²) >= 11 is 0. The topological polar surface area (TPSA) is 76.9 Å². The zero-order valence-corrected chi connectivity index (χ0v) is 15.4. The zero-order chi connectivity index (χ0) is 18.8. The van der Waals surface area contributed by atoms with E-state index in [9.17, 15) is 4.39 Å². The second-order valence-electron chi connectivity index (χ2n) is 6.94. The molecule has 2 aromatic heterocycles. The molecule has 1 fully saturated rings. The number of fused-ring (bicyclic) bond motifs is 1. The maximum atomic E-state index is 14.0. The van der Waals surface area contributed by atoms with Gasteiger partial charge in [-0.2, -0.15) is 4.98 Å². The van der Waals surface area contributed by atoms with Crippen molar-refractivity contribution in [1.29, 1.82) is 0 Å². The molecule has 0 radical (unpaired) electrons. The van der Waals surface area contributed by atoms with Crippen molar-refractivity contribution in [1.82, 2.24) is 19.5 Å². The first-order valence-electron chi connectivity index (χ1n) is 9.22. The highest BCUT2D eigenvalue weighted by molar-refractivity contribution is 5.76. The second kappa shape index (κ2) is 8.52. The Bertz CT molecular complexity index is 936. The predicted molar refractivity (Wildman–Crippen MR) is 110 cm³/mol. The van der Waals surface area contributed by atoms with Crippen LogP contribution in [0.4, 0.5) is 22.0 Å². The number of anilines is 3. The lowest BCUT2D eigenvalue weighted by molar-refractivity contribution is 0.0903. The lowest BCUT2D eigenvalue weighted by Crippen LogP contribution is -2.28. The molecule has 7 nitrogen and oxygen atoms in total. The normalized spacial score (nSPS) is 14.9. The molecular weight excluding hydrogens is 359 g/mol. The highest BCUT2D eigenvalue weighted by atomic mass is 19.1. The maximum absolute atomic E-state index is 14.0. The van der Waals surface area contributed by atoms with Crippen LogP contribution in [0.15, 0.2) is 30.5 Å². The number of ether oxygens (including phenoxy) is 1. The number of para-hydroxylation sites is 1. The van der Waals surface area contributed by atoms with Crippen LogP contribution in [0.25, 0.3) is 11.2 Å². The molecule has 8 heteroatoms. The van der Waals surface area contributed by atoms with Crippen molar-refractivity contribution in [2.24, 2.45) is 0 Å². The molecule has 0 spiro atoms. The van der Waals surface area contributed by atoms with Gasteiger partial charge in [0.25, 0.3) is 0 Å². The number of halogens is 1. The first-order valence-corrected chi connectivity index (χ1v) is 9.22. The molecular formula is C20H27FN6O.